The number of hydrogen-bond donors (Lipinski definition) is 0. The fraction of sp³-hybridized carbons (Fsp3) is 0.316. The maximum atomic E-state index is 12.7. The topological polar surface area (TPSA) is 92.7 Å². The highest BCUT2D eigenvalue weighted by Gasteiger charge is 2.33. The molecular formula is C19H19N7O2. The van der Waals surface area contributed by atoms with Crippen molar-refractivity contribution in [1.82, 2.24) is 29.9 Å². The van der Waals surface area contributed by atoms with Gasteiger partial charge in [-0.2, -0.15) is 4.52 Å². The third-order valence-electron chi connectivity index (χ3n) is 5.30. The number of carbonyl (C=O) groups excluding carboxylic acids is 1. The molecule has 142 valence electrons. The summed E-state index contributed by atoms with van der Waals surface area (Å²) in [5, 5.41) is 17.6. The number of aryl methyl sites for hydroxylation is 1. The lowest BCUT2D eigenvalue weighted by Gasteiger charge is -2.44. The first-order valence-electron chi connectivity index (χ1n) is 9.13. The molecule has 4 aromatic rings. The maximum absolute atomic E-state index is 12.7. The molecule has 1 aliphatic heterocycles. The number of fused-ring (bicyclic) bond motifs is 2. The second-order valence-corrected chi connectivity index (χ2v) is 7.07. The molecule has 1 aliphatic rings. The van der Waals surface area contributed by atoms with Gasteiger partial charge in [-0.3, -0.25) is 4.79 Å². The molecule has 3 aromatic heterocycles. The van der Waals surface area contributed by atoms with Crippen molar-refractivity contribution in [3.63, 3.8) is 0 Å². The van der Waals surface area contributed by atoms with Gasteiger partial charge in [0, 0.05) is 25.5 Å². The van der Waals surface area contributed by atoms with Crippen LogP contribution < -0.4 is 4.90 Å². The zero-order valence-electron chi connectivity index (χ0n) is 15.6. The minimum absolute atomic E-state index is 0.0294. The Morgan fingerprint density at radius 2 is 2.04 bits per heavy atom. The van der Waals surface area contributed by atoms with Crippen LogP contribution in [0.25, 0.3) is 16.6 Å². The number of carbonyl (C=O) groups is 1. The van der Waals surface area contributed by atoms with Gasteiger partial charge in [-0.05, 0) is 31.2 Å². The van der Waals surface area contributed by atoms with Crippen molar-refractivity contribution >= 4 is 28.3 Å². The molecule has 0 N–H and O–H groups in total. The number of anilines is 1. The van der Waals surface area contributed by atoms with Gasteiger partial charge in [-0.25, -0.2) is 0 Å². The molecule has 0 radical (unpaired) electrons. The van der Waals surface area contributed by atoms with E-state index < -0.39 is 0 Å². The van der Waals surface area contributed by atoms with E-state index in [1.165, 1.54) is 0 Å². The van der Waals surface area contributed by atoms with E-state index in [2.05, 4.69) is 25.4 Å². The second-order valence-electron chi connectivity index (χ2n) is 7.07. The average Bonchev–Trinajstić information content (AvgIpc) is 3.24. The number of benzene rings is 1. The lowest BCUT2D eigenvalue weighted by Crippen LogP contribution is -2.60. The number of amides is 1. The van der Waals surface area contributed by atoms with Crippen LogP contribution in [0.3, 0.4) is 0 Å². The Morgan fingerprint density at radius 1 is 1.21 bits per heavy atom. The van der Waals surface area contributed by atoms with E-state index in [0.29, 0.717) is 11.3 Å². The smallest absolute Gasteiger partial charge is 0.228 e. The Balaban J connectivity index is 1.25. The molecule has 1 amide bonds. The van der Waals surface area contributed by atoms with Gasteiger partial charge in [0.1, 0.15) is 11.5 Å². The normalized spacial score (nSPS) is 14.6. The standard InChI is InChI=1S/C19H19N7O2/c1-12-20-21-17-7-8-18(22-26(12)17)25-10-13(11-25)24(2)19(27)9-15-14-5-3-4-6-16(14)28-23-15/h3-8,13H,9-11H2,1-2H3. The van der Waals surface area contributed by atoms with E-state index in [0.717, 1.165) is 35.8 Å². The van der Waals surface area contributed by atoms with E-state index >= 15 is 0 Å². The molecule has 28 heavy (non-hydrogen) atoms. The van der Waals surface area contributed by atoms with Crippen molar-refractivity contribution in [3.8, 4) is 0 Å². The average molecular weight is 377 g/mol. The van der Waals surface area contributed by atoms with Crippen LogP contribution in [-0.4, -0.2) is 62.0 Å². The Labute approximate surface area is 160 Å². The minimum atomic E-state index is 0.0294. The number of hydrogen-bond acceptors (Lipinski definition) is 7. The van der Waals surface area contributed by atoms with Crippen molar-refractivity contribution in [2.24, 2.45) is 0 Å². The van der Waals surface area contributed by atoms with Crippen LogP contribution in [0.4, 0.5) is 5.82 Å². The number of rotatable bonds is 4. The Hall–Kier alpha value is -3.49. The maximum Gasteiger partial charge on any atom is 0.228 e. The molecule has 5 rings (SSSR count). The number of nitrogens with zero attached hydrogens (tertiary/aromatic N) is 7. The third kappa shape index (κ3) is 2.67. The van der Waals surface area contributed by atoms with Crippen molar-refractivity contribution < 1.29 is 9.32 Å². The number of para-hydroxylation sites is 1. The van der Waals surface area contributed by atoms with Crippen molar-refractivity contribution in [1.29, 1.82) is 0 Å². The van der Waals surface area contributed by atoms with Gasteiger partial charge in [-0.15, -0.1) is 15.3 Å². The number of aromatic nitrogens is 5. The van der Waals surface area contributed by atoms with Gasteiger partial charge in [0.2, 0.25) is 5.91 Å². The lowest BCUT2D eigenvalue weighted by molar-refractivity contribution is -0.131. The molecule has 0 saturated carbocycles. The van der Waals surface area contributed by atoms with E-state index in [9.17, 15) is 4.79 Å². The predicted octanol–water partition coefficient (Wildman–Crippen LogP) is 1.46. The summed E-state index contributed by atoms with van der Waals surface area (Å²) in [6.07, 6.45) is 0.230. The second kappa shape index (κ2) is 6.29. The monoisotopic (exact) mass is 377 g/mol. The summed E-state index contributed by atoms with van der Waals surface area (Å²) in [5.41, 5.74) is 2.11. The first-order chi connectivity index (χ1) is 13.6. The summed E-state index contributed by atoms with van der Waals surface area (Å²) >= 11 is 0. The molecule has 0 atom stereocenters. The molecule has 9 heteroatoms. The van der Waals surface area contributed by atoms with Crippen LogP contribution in [0.5, 0.6) is 0 Å². The largest absolute Gasteiger partial charge is 0.356 e. The Kier molecular flexibility index (Phi) is 3.75. The summed E-state index contributed by atoms with van der Waals surface area (Å²) in [6, 6.07) is 11.6. The summed E-state index contributed by atoms with van der Waals surface area (Å²) in [4.78, 5) is 16.6. The molecule has 1 fully saturated rings. The molecule has 0 spiro atoms. The molecule has 0 bridgehead atoms. The highest BCUT2D eigenvalue weighted by Crippen LogP contribution is 2.23. The third-order valence-corrected chi connectivity index (χ3v) is 5.30. The van der Waals surface area contributed by atoms with Gasteiger partial charge in [0.15, 0.2) is 17.1 Å². The molecule has 1 saturated heterocycles. The molecule has 9 nitrogen and oxygen atoms in total. The SMILES string of the molecule is Cc1nnc2ccc(N3CC(N(C)C(=O)Cc4noc5ccccc45)C3)nn12. The van der Waals surface area contributed by atoms with Gasteiger partial charge in [-0.1, -0.05) is 17.3 Å². The fourth-order valence-electron chi connectivity index (χ4n) is 3.48. The number of likely N-dealkylation sites (N-methyl/N-ethyl adjacent to an activating group) is 1. The minimum Gasteiger partial charge on any atom is -0.356 e. The van der Waals surface area contributed by atoms with Crippen LogP contribution in [0, 0.1) is 6.92 Å². The van der Waals surface area contributed by atoms with Crippen LogP contribution in [0.2, 0.25) is 0 Å². The van der Waals surface area contributed by atoms with E-state index in [1.54, 1.807) is 9.42 Å². The van der Waals surface area contributed by atoms with Crippen molar-refractivity contribution in [3.05, 3.63) is 47.9 Å². The Bertz CT molecular complexity index is 1180. The van der Waals surface area contributed by atoms with Crippen molar-refractivity contribution in [2.75, 3.05) is 25.0 Å². The predicted molar refractivity (Wildman–Crippen MR) is 102 cm³/mol. The summed E-state index contributed by atoms with van der Waals surface area (Å²) < 4.78 is 7.02. The molecular weight excluding hydrogens is 358 g/mol. The van der Waals surface area contributed by atoms with E-state index in [4.69, 9.17) is 4.52 Å². The first kappa shape index (κ1) is 16.7. The van der Waals surface area contributed by atoms with Crippen LogP contribution in [0.15, 0.2) is 40.9 Å². The summed E-state index contributed by atoms with van der Waals surface area (Å²) in [5.74, 6) is 1.64. The van der Waals surface area contributed by atoms with Gasteiger partial charge in [0.25, 0.3) is 0 Å². The molecule has 4 heterocycles. The van der Waals surface area contributed by atoms with Crippen LogP contribution in [0.1, 0.15) is 11.5 Å². The van der Waals surface area contributed by atoms with Crippen molar-refractivity contribution in [2.45, 2.75) is 19.4 Å². The van der Waals surface area contributed by atoms with Gasteiger partial charge >= 0.3 is 0 Å². The summed E-state index contributed by atoms with van der Waals surface area (Å²) in [7, 11) is 1.84. The van der Waals surface area contributed by atoms with Gasteiger partial charge < -0.3 is 14.3 Å². The fourth-order valence-corrected chi connectivity index (χ4v) is 3.48. The van der Waals surface area contributed by atoms with E-state index in [-0.39, 0.29) is 18.4 Å². The van der Waals surface area contributed by atoms with Gasteiger partial charge in [0.05, 0.1) is 12.5 Å². The molecule has 0 unspecified atom stereocenters. The summed E-state index contributed by atoms with van der Waals surface area (Å²) in [6.45, 7) is 3.35. The van der Waals surface area contributed by atoms with E-state index in [1.807, 2.05) is 50.4 Å². The quantitative estimate of drug-likeness (QED) is 0.532. The van der Waals surface area contributed by atoms with Crippen LogP contribution >= 0.6 is 0 Å². The van der Waals surface area contributed by atoms with Crippen LogP contribution in [-0.2, 0) is 11.2 Å². The molecule has 0 aliphatic carbocycles. The highest BCUT2D eigenvalue weighted by atomic mass is 16.5. The Morgan fingerprint density at radius 3 is 2.89 bits per heavy atom. The zero-order chi connectivity index (χ0) is 19.3. The molecule has 1 aromatic carbocycles. The highest BCUT2D eigenvalue weighted by molar-refractivity contribution is 5.86. The lowest BCUT2D eigenvalue weighted by atomic mass is 10.1. The first-order valence-corrected chi connectivity index (χ1v) is 9.13. The zero-order valence-corrected chi connectivity index (χ0v) is 15.6.